The SMILES string of the molecule is CCOC(=O)c1cnc(N2CCN[C@H](C)C2)nc1. The molecule has 0 saturated carbocycles. The summed E-state index contributed by atoms with van der Waals surface area (Å²) in [5.74, 6) is 0.286. The third kappa shape index (κ3) is 2.95. The first-order valence-corrected chi connectivity index (χ1v) is 6.18. The van der Waals surface area contributed by atoms with Crippen molar-refractivity contribution in [3.63, 3.8) is 0 Å². The largest absolute Gasteiger partial charge is 0.462 e. The van der Waals surface area contributed by atoms with Gasteiger partial charge >= 0.3 is 5.97 Å². The second kappa shape index (κ2) is 5.77. The van der Waals surface area contributed by atoms with E-state index in [0.717, 1.165) is 19.6 Å². The fourth-order valence-electron chi connectivity index (χ4n) is 1.92. The van der Waals surface area contributed by atoms with Crippen molar-refractivity contribution >= 4 is 11.9 Å². The van der Waals surface area contributed by atoms with Gasteiger partial charge in [-0.1, -0.05) is 0 Å². The van der Waals surface area contributed by atoms with Gasteiger partial charge in [-0.3, -0.25) is 0 Å². The van der Waals surface area contributed by atoms with Crippen molar-refractivity contribution in [1.82, 2.24) is 15.3 Å². The maximum atomic E-state index is 11.5. The Hall–Kier alpha value is -1.69. The second-order valence-corrected chi connectivity index (χ2v) is 4.29. The molecular weight excluding hydrogens is 232 g/mol. The van der Waals surface area contributed by atoms with Gasteiger partial charge in [-0.05, 0) is 13.8 Å². The van der Waals surface area contributed by atoms with Crippen molar-refractivity contribution in [2.24, 2.45) is 0 Å². The van der Waals surface area contributed by atoms with Gasteiger partial charge in [-0.25, -0.2) is 14.8 Å². The third-order valence-electron chi connectivity index (χ3n) is 2.80. The fraction of sp³-hybridized carbons (Fsp3) is 0.583. The number of esters is 1. The van der Waals surface area contributed by atoms with Crippen LogP contribution >= 0.6 is 0 Å². The molecule has 1 atom stereocenters. The van der Waals surface area contributed by atoms with Gasteiger partial charge in [0.2, 0.25) is 5.95 Å². The van der Waals surface area contributed by atoms with E-state index in [1.165, 1.54) is 12.4 Å². The van der Waals surface area contributed by atoms with Gasteiger partial charge in [0.05, 0.1) is 12.2 Å². The predicted molar refractivity (Wildman–Crippen MR) is 67.7 cm³/mol. The highest BCUT2D eigenvalue weighted by atomic mass is 16.5. The molecule has 98 valence electrons. The fourth-order valence-corrected chi connectivity index (χ4v) is 1.92. The zero-order valence-corrected chi connectivity index (χ0v) is 10.7. The Morgan fingerprint density at radius 1 is 1.56 bits per heavy atom. The molecule has 0 bridgehead atoms. The van der Waals surface area contributed by atoms with Gasteiger partial charge in [0.25, 0.3) is 0 Å². The third-order valence-corrected chi connectivity index (χ3v) is 2.80. The quantitative estimate of drug-likeness (QED) is 0.786. The van der Waals surface area contributed by atoms with Gasteiger partial charge in [0.1, 0.15) is 0 Å². The Labute approximate surface area is 106 Å². The van der Waals surface area contributed by atoms with Crippen LogP contribution in [0.25, 0.3) is 0 Å². The van der Waals surface area contributed by atoms with Gasteiger partial charge in [0.15, 0.2) is 0 Å². The normalized spacial score (nSPS) is 19.7. The smallest absolute Gasteiger partial charge is 0.341 e. The molecule has 0 aliphatic carbocycles. The van der Waals surface area contributed by atoms with Crippen LogP contribution in [0.2, 0.25) is 0 Å². The van der Waals surface area contributed by atoms with Gasteiger partial charge in [-0.2, -0.15) is 0 Å². The van der Waals surface area contributed by atoms with Crippen molar-refractivity contribution in [3.8, 4) is 0 Å². The molecule has 1 aromatic rings. The molecule has 2 rings (SSSR count). The molecule has 6 heteroatoms. The molecule has 1 aliphatic rings. The monoisotopic (exact) mass is 250 g/mol. The van der Waals surface area contributed by atoms with E-state index in [1.54, 1.807) is 6.92 Å². The lowest BCUT2D eigenvalue weighted by atomic mass is 10.2. The number of carbonyl (C=O) groups is 1. The molecule has 1 aliphatic heterocycles. The number of carbonyl (C=O) groups excluding carboxylic acids is 1. The average molecular weight is 250 g/mol. The first-order chi connectivity index (χ1) is 8.70. The first-order valence-electron chi connectivity index (χ1n) is 6.18. The lowest BCUT2D eigenvalue weighted by Gasteiger charge is -2.31. The summed E-state index contributed by atoms with van der Waals surface area (Å²) in [6.07, 6.45) is 3.04. The van der Waals surface area contributed by atoms with Crippen molar-refractivity contribution in [1.29, 1.82) is 0 Å². The Kier molecular flexibility index (Phi) is 4.09. The van der Waals surface area contributed by atoms with Crippen molar-refractivity contribution in [2.45, 2.75) is 19.9 Å². The highest BCUT2D eigenvalue weighted by Crippen LogP contribution is 2.10. The van der Waals surface area contributed by atoms with E-state index < -0.39 is 0 Å². The van der Waals surface area contributed by atoms with Crippen LogP contribution < -0.4 is 10.2 Å². The Morgan fingerprint density at radius 2 is 2.28 bits per heavy atom. The van der Waals surface area contributed by atoms with Crippen molar-refractivity contribution in [3.05, 3.63) is 18.0 Å². The van der Waals surface area contributed by atoms with Gasteiger partial charge < -0.3 is 15.0 Å². The van der Waals surface area contributed by atoms with E-state index in [-0.39, 0.29) is 5.97 Å². The van der Waals surface area contributed by atoms with E-state index in [1.807, 2.05) is 0 Å². The molecule has 0 radical (unpaired) electrons. The Balaban J connectivity index is 2.05. The number of nitrogens with zero attached hydrogens (tertiary/aromatic N) is 3. The maximum absolute atomic E-state index is 11.5. The van der Waals surface area contributed by atoms with Crippen LogP contribution in [0.15, 0.2) is 12.4 Å². The van der Waals surface area contributed by atoms with E-state index >= 15 is 0 Å². The minimum absolute atomic E-state index is 0.357. The van der Waals surface area contributed by atoms with Crippen LogP contribution in [0.3, 0.4) is 0 Å². The molecule has 1 fully saturated rings. The molecule has 1 aromatic heterocycles. The first kappa shape index (κ1) is 12.8. The zero-order valence-electron chi connectivity index (χ0n) is 10.7. The van der Waals surface area contributed by atoms with E-state index in [0.29, 0.717) is 24.2 Å². The minimum Gasteiger partial charge on any atom is -0.462 e. The molecule has 6 nitrogen and oxygen atoms in total. The summed E-state index contributed by atoms with van der Waals surface area (Å²) in [6.45, 7) is 6.93. The summed E-state index contributed by atoms with van der Waals surface area (Å²) in [4.78, 5) is 22.0. The summed E-state index contributed by atoms with van der Waals surface area (Å²) in [5.41, 5.74) is 0.392. The number of anilines is 1. The number of nitrogens with one attached hydrogen (secondary N) is 1. The van der Waals surface area contributed by atoms with E-state index in [4.69, 9.17) is 4.74 Å². The molecule has 0 unspecified atom stereocenters. The summed E-state index contributed by atoms with van der Waals surface area (Å²) < 4.78 is 4.89. The van der Waals surface area contributed by atoms with Gasteiger partial charge in [-0.15, -0.1) is 0 Å². The number of aromatic nitrogens is 2. The molecule has 1 N–H and O–H groups in total. The average Bonchev–Trinajstić information content (AvgIpc) is 2.39. The number of hydrogen-bond donors (Lipinski definition) is 1. The standard InChI is InChI=1S/C12H18N4O2/c1-3-18-11(17)10-6-14-12(15-7-10)16-5-4-13-9(2)8-16/h6-7,9,13H,3-5,8H2,1-2H3/t9-/m1/s1. The second-order valence-electron chi connectivity index (χ2n) is 4.29. The van der Waals surface area contributed by atoms with Crippen LogP contribution in [0.4, 0.5) is 5.95 Å². The summed E-state index contributed by atoms with van der Waals surface area (Å²) >= 11 is 0. The molecule has 2 heterocycles. The van der Waals surface area contributed by atoms with Crippen molar-refractivity contribution in [2.75, 3.05) is 31.1 Å². The molecular formula is C12H18N4O2. The highest BCUT2D eigenvalue weighted by molar-refractivity contribution is 5.88. The number of piperazine rings is 1. The van der Waals surface area contributed by atoms with Crippen LogP contribution in [0, 0.1) is 0 Å². The van der Waals surface area contributed by atoms with E-state index in [9.17, 15) is 4.79 Å². The van der Waals surface area contributed by atoms with Crippen LogP contribution in [0.5, 0.6) is 0 Å². The molecule has 0 spiro atoms. The van der Waals surface area contributed by atoms with Crippen LogP contribution in [-0.2, 0) is 4.74 Å². The van der Waals surface area contributed by atoms with Crippen molar-refractivity contribution < 1.29 is 9.53 Å². The predicted octanol–water partition coefficient (Wildman–Crippen LogP) is 0.451. The lowest BCUT2D eigenvalue weighted by Crippen LogP contribution is -2.49. The molecule has 0 aromatic carbocycles. The molecule has 1 saturated heterocycles. The summed E-state index contributed by atoms with van der Waals surface area (Å²) in [6, 6.07) is 0.423. The highest BCUT2D eigenvalue weighted by Gasteiger charge is 2.18. The number of ether oxygens (including phenoxy) is 1. The topological polar surface area (TPSA) is 67.3 Å². The molecule has 18 heavy (non-hydrogen) atoms. The lowest BCUT2D eigenvalue weighted by molar-refractivity contribution is 0.0525. The number of hydrogen-bond acceptors (Lipinski definition) is 6. The zero-order chi connectivity index (χ0) is 13.0. The maximum Gasteiger partial charge on any atom is 0.341 e. The Morgan fingerprint density at radius 3 is 2.89 bits per heavy atom. The Bertz CT molecular complexity index is 407. The summed E-state index contributed by atoms with van der Waals surface area (Å²) in [5, 5.41) is 3.36. The minimum atomic E-state index is -0.377. The van der Waals surface area contributed by atoms with Crippen LogP contribution in [0.1, 0.15) is 24.2 Å². The van der Waals surface area contributed by atoms with Gasteiger partial charge in [0, 0.05) is 38.1 Å². The number of rotatable bonds is 3. The van der Waals surface area contributed by atoms with Crippen LogP contribution in [-0.4, -0.2) is 48.2 Å². The van der Waals surface area contributed by atoms with E-state index in [2.05, 4.69) is 27.1 Å². The summed E-state index contributed by atoms with van der Waals surface area (Å²) in [7, 11) is 0. The molecule has 0 amide bonds.